The van der Waals surface area contributed by atoms with Crippen LogP contribution in [0.15, 0.2) is 10.6 Å². The quantitative estimate of drug-likeness (QED) is 0.861. The predicted molar refractivity (Wildman–Crippen MR) is 65.5 cm³/mol. The molecule has 0 radical (unpaired) electrons. The number of hydrogen-bond acceptors (Lipinski definition) is 6. The normalized spacial score (nSPS) is 13.8. The van der Waals surface area contributed by atoms with Gasteiger partial charge in [0.05, 0.1) is 0 Å². The maximum absolute atomic E-state index is 5.52. The fourth-order valence-corrected chi connectivity index (χ4v) is 1.74. The lowest BCUT2D eigenvalue weighted by Crippen LogP contribution is -2.21. The highest BCUT2D eigenvalue weighted by molar-refractivity contribution is 5.51. The maximum atomic E-state index is 5.52. The van der Waals surface area contributed by atoms with E-state index in [4.69, 9.17) is 15.0 Å². The average Bonchev–Trinajstić information content (AvgIpc) is 2.85. The Kier molecular flexibility index (Phi) is 3.08. The van der Waals surface area contributed by atoms with E-state index in [1.807, 2.05) is 20.8 Å². The van der Waals surface area contributed by atoms with Gasteiger partial charge < -0.3 is 15.0 Å². The van der Waals surface area contributed by atoms with E-state index in [1.54, 1.807) is 13.2 Å². The van der Waals surface area contributed by atoms with E-state index in [0.29, 0.717) is 23.2 Å². The Morgan fingerprint density at radius 2 is 2.17 bits per heavy atom. The number of nitrogens with one attached hydrogen (secondary N) is 1. The molecule has 0 saturated heterocycles. The van der Waals surface area contributed by atoms with Gasteiger partial charge in [-0.15, -0.1) is 0 Å². The van der Waals surface area contributed by atoms with E-state index >= 15 is 0 Å². The van der Waals surface area contributed by atoms with E-state index in [2.05, 4.69) is 20.3 Å². The lowest BCUT2D eigenvalue weighted by molar-refractivity contribution is 0.00718. The molecule has 0 aromatic carbocycles. The van der Waals surface area contributed by atoms with Crippen LogP contribution in [-0.2, 0) is 4.74 Å². The van der Waals surface area contributed by atoms with E-state index in [1.165, 1.54) is 0 Å². The minimum atomic E-state index is -0.240. The van der Waals surface area contributed by atoms with Crippen molar-refractivity contribution in [1.29, 1.82) is 0 Å². The summed E-state index contributed by atoms with van der Waals surface area (Å²) < 4.78 is 10.6. The molecule has 0 aliphatic heterocycles. The SMILES string of the molecule is COC(c1noc(-c2cc(N)n[nH]2)n1)C(C)(C)C. The van der Waals surface area contributed by atoms with E-state index < -0.39 is 0 Å². The highest BCUT2D eigenvalue weighted by Crippen LogP contribution is 2.34. The van der Waals surface area contributed by atoms with Crippen LogP contribution in [0.5, 0.6) is 0 Å². The summed E-state index contributed by atoms with van der Waals surface area (Å²) in [4.78, 5) is 4.30. The number of rotatable bonds is 3. The van der Waals surface area contributed by atoms with E-state index in [-0.39, 0.29) is 11.5 Å². The largest absolute Gasteiger partial charge is 0.382 e. The summed E-state index contributed by atoms with van der Waals surface area (Å²) in [5.74, 6) is 1.23. The number of aromatic amines is 1. The molecule has 1 unspecified atom stereocenters. The second-order valence-corrected chi connectivity index (χ2v) is 5.15. The Hall–Kier alpha value is -1.89. The molecular formula is C11H17N5O2. The third-order valence-electron chi connectivity index (χ3n) is 2.53. The van der Waals surface area contributed by atoms with Gasteiger partial charge in [0.25, 0.3) is 5.89 Å². The van der Waals surface area contributed by atoms with Crippen LogP contribution >= 0.6 is 0 Å². The molecule has 0 spiro atoms. The fourth-order valence-electron chi connectivity index (χ4n) is 1.74. The molecule has 0 aliphatic rings. The number of ether oxygens (including phenoxy) is 1. The van der Waals surface area contributed by atoms with Gasteiger partial charge in [-0.25, -0.2) is 0 Å². The Labute approximate surface area is 105 Å². The van der Waals surface area contributed by atoms with Crippen LogP contribution in [0.4, 0.5) is 5.82 Å². The summed E-state index contributed by atoms with van der Waals surface area (Å²) in [7, 11) is 1.63. The van der Waals surface area contributed by atoms with Crippen LogP contribution in [0.2, 0.25) is 0 Å². The molecule has 98 valence electrons. The molecule has 2 aromatic heterocycles. The van der Waals surface area contributed by atoms with Gasteiger partial charge in [0, 0.05) is 13.2 Å². The lowest BCUT2D eigenvalue weighted by atomic mass is 9.88. The van der Waals surface area contributed by atoms with Gasteiger partial charge in [0.15, 0.2) is 0 Å². The highest BCUT2D eigenvalue weighted by atomic mass is 16.5. The van der Waals surface area contributed by atoms with Crippen molar-refractivity contribution in [2.75, 3.05) is 12.8 Å². The van der Waals surface area contributed by atoms with Crippen LogP contribution < -0.4 is 5.73 Å². The average molecular weight is 251 g/mol. The van der Waals surface area contributed by atoms with E-state index in [0.717, 1.165) is 0 Å². The van der Waals surface area contributed by atoms with Gasteiger partial charge in [-0.05, 0) is 5.41 Å². The first kappa shape index (κ1) is 12.6. The van der Waals surface area contributed by atoms with Gasteiger partial charge in [-0.3, -0.25) is 5.10 Å². The van der Waals surface area contributed by atoms with Gasteiger partial charge in [-0.1, -0.05) is 25.9 Å². The first-order valence-electron chi connectivity index (χ1n) is 5.59. The van der Waals surface area contributed by atoms with Crippen molar-refractivity contribution in [3.05, 3.63) is 11.9 Å². The standard InChI is InChI=1S/C11H17N5O2/c1-11(2,3)8(17-4)9-13-10(18-16-9)6-5-7(12)15-14-6/h5,8H,1-4H3,(H3,12,14,15). The van der Waals surface area contributed by atoms with Crippen molar-refractivity contribution < 1.29 is 9.26 Å². The second kappa shape index (κ2) is 4.41. The number of aromatic nitrogens is 4. The summed E-state index contributed by atoms with van der Waals surface area (Å²) in [6.45, 7) is 6.14. The summed E-state index contributed by atoms with van der Waals surface area (Å²) in [5.41, 5.74) is 5.99. The first-order valence-corrected chi connectivity index (χ1v) is 5.59. The minimum Gasteiger partial charge on any atom is -0.382 e. The van der Waals surface area contributed by atoms with E-state index in [9.17, 15) is 0 Å². The number of nitrogen functional groups attached to an aromatic ring is 1. The Bertz CT molecular complexity index is 526. The molecule has 2 heterocycles. The lowest BCUT2D eigenvalue weighted by Gasteiger charge is -2.26. The van der Waals surface area contributed by atoms with Crippen LogP contribution in [0, 0.1) is 5.41 Å². The monoisotopic (exact) mass is 251 g/mol. The molecule has 2 aromatic rings. The molecule has 0 aliphatic carbocycles. The molecule has 18 heavy (non-hydrogen) atoms. The van der Waals surface area contributed by atoms with Gasteiger partial charge in [0.1, 0.15) is 17.6 Å². The molecule has 7 heteroatoms. The Morgan fingerprint density at radius 3 is 2.67 bits per heavy atom. The number of H-pyrrole nitrogens is 1. The van der Waals surface area contributed by atoms with Crippen molar-refractivity contribution in [3.8, 4) is 11.6 Å². The molecule has 3 N–H and O–H groups in total. The van der Waals surface area contributed by atoms with Crippen molar-refractivity contribution in [2.45, 2.75) is 26.9 Å². The molecular weight excluding hydrogens is 234 g/mol. The zero-order chi connectivity index (χ0) is 13.3. The van der Waals surface area contributed by atoms with Gasteiger partial charge in [-0.2, -0.15) is 10.1 Å². The molecule has 0 fully saturated rings. The number of hydrogen-bond donors (Lipinski definition) is 2. The number of nitrogens with two attached hydrogens (primary N) is 1. The van der Waals surface area contributed by atoms with Crippen molar-refractivity contribution in [1.82, 2.24) is 20.3 Å². The van der Waals surface area contributed by atoms with Crippen LogP contribution in [-0.4, -0.2) is 27.4 Å². The molecule has 1 atom stereocenters. The summed E-state index contributed by atoms with van der Waals surface area (Å²) in [6.07, 6.45) is -0.240. The Morgan fingerprint density at radius 1 is 1.44 bits per heavy atom. The molecule has 7 nitrogen and oxygen atoms in total. The first-order chi connectivity index (χ1) is 8.41. The highest BCUT2D eigenvalue weighted by Gasteiger charge is 2.30. The summed E-state index contributed by atoms with van der Waals surface area (Å²) in [6, 6.07) is 1.64. The van der Waals surface area contributed by atoms with Gasteiger partial charge in [0.2, 0.25) is 5.82 Å². The predicted octanol–water partition coefficient (Wildman–Crippen LogP) is 1.78. The number of anilines is 1. The van der Waals surface area contributed by atoms with Crippen LogP contribution in [0.25, 0.3) is 11.6 Å². The van der Waals surface area contributed by atoms with Crippen LogP contribution in [0.1, 0.15) is 32.7 Å². The fraction of sp³-hybridized carbons (Fsp3) is 0.545. The smallest absolute Gasteiger partial charge is 0.276 e. The van der Waals surface area contributed by atoms with Crippen molar-refractivity contribution >= 4 is 5.82 Å². The molecule has 0 amide bonds. The Balaban J connectivity index is 2.30. The molecule has 0 saturated carbocycles. The van der Waals surface area contributed by atoms with Crippen molar-refractivity contribution in [3.63, 3.8) is 0 Å². The van der Waals surface area contributed by atoms with Crippen LogP contribution in [0.3, 0.4) is 0 Å². The molecule has 2 rings (SSSR count). The number of nitrogens with zero attached hydrogens (tertiary/aromatic N) is 3. The topological polar surface area (TPSA) is 103 Å². The molecule has 0 bridgehead atoms. The third-order valence-corrected chi connectivity index (χ3v) is 2.53. The third kappa shape index (κ3) is 2.35. The van der Waals surface area contributed by atoms with Crippen molar-refractivity contribution in [2.24, 2.45) is 5.41 Å². The van der Waals surface area contributed by atoms with Gasteiger partial charge >= 0.3 is 0 Å². The number of methoxy groups -OCH3 is 1. The summed E-state index contributed by atoms with van der Waals surface area (Å²) in [5, 5.41) is 10.5. The maximum Gasteiger partial charge on any atom is 0.276 e. The zero-order valence-corrected chi connectivity index (χ0v) is 10.9. The zero-order valence-electron chi connectivity index (χ0n) is 10.9. The minimum absolute atomic E-state index is 0.122. The summed E-state index contributed by atoms with van der Waals surface area (Å²) >= 11 is 0. The second-order valence-electron chi connectivity index (χ2n) is 5.15.